The number of benzene rings is 1. The maximum Gasteiger partial charge on any atom is 0.244 e. The lowest BCUT2D eigenvalue weighted by atomic mass is 10.1. The number of rotatable bonds is 2. The molecule has 1 unspecified atom stereocenters. The van der Waals surface area contributed by atoms with E-state index >= 15 is 0 Å². The van der Waals surface area contributed by atoms with Crippen LogP contribution in [0.3, 0.4) is 0 Å². The predicted octanol–water partition coefficient (Wildman–Crippen LogP) is 1.57. The number of carbonyl (C=O) groups excluding carboxylic acids is 2. The van der Waals surface area contributed by atoms with Gasteiger partial charge in [0.15, 0.2) is 0 Å². The lowest BCUT2D eigenvalue weighted by molar-refractivity contribution is -0.149. The molecule has 0 N–H and O–H groups in total. The Balaban J connectivity index is 2.06. The number of hydrogen-bond acceptors (Lipinski definition) is 2. The van der Waals surface area contributed by atoms with Gasteiger partial charge in [0.25, 0.3) is 0 Å². The molecule has 1 saturated heterocycles. The minimum Gasteiger partial charge on any atom is -0.342 e. The fraction of sp³-hybridized carbons (Fsp3) is 0.429. The summed E-state index contributed by atoms with van der Waals surface area (Å²) in [6.07, 6.45) is 0.280. The second-order valence-electron chi connectivity index (χ2n) is 4.83. The maximum absolute atomic E-state index is 12.3. The molecule has 102 valence electrons. The highest BCUT2D eigenvalue weighted by atomic mass is 35.5. The van der Waals surface area contributed by atoms with Crippen LogP contribution in [-0.4, -0.2) is 47.8 Å². The normalized spacial score (nSPS) is 19.7. The van der Waals surface area contributed by atoms with Crippen LogP contribution in [0.1, 0.15) is 12.5 Å². The van der Waals surface area contributed by atoms with Crippen molar-refractivity contribution in [2.75, 3.05) is 20.1 Å². The van der Waals surface area contributed by atoms with Gasteiger partial charge in [-0.2, -0.15) is 0 Å². The number of amides is 2. The van der Waals surface area contributed by atoms with E-state index < -0.39 is 0 Å². The molecule has 0 bridgehead atoms. The summed E-state index contributed by atoms with van der Waals surface area (Å²) in [5.74, 6) is -0.0399. The zero-order chi connectivity index (χ0) is 14.0. The van der Waals surface area contributed by atoms with Gasteiger partial charge < -0.3 is 9.80 Å². The number of likely N-dealkylation sites (N-methyl/N-ethyl adjacent to an activating group) is 1. The maximum atomic E-state index is 12.3. The molecule has 1 aromatic carbocycles. The van der Waals surface area contributed by atoms with Crippen LogP contribution in [-0.2, 0) is 16.0 Å². The van der Waals surface area contributed by atoms with Gasteiger partial charge in [0.2, 0.25) is 11.8 Å². The molecule has 0 aliphatic carbocycles. The molecule has 1 aromatic rings. The highest BCUT2D eigenvalue weighted by molar-refractivity contribution is 6.30. The fourth-order valence-corrected chi connectivity index (χ4v) is 2.49. The van der Waals surface area contributed by atoms with Crippen LogP contribution in [0.25, 0.3) is 0 Å². The molecular weight excluding hydrogens is 264 g/mol. The molecule has 0 radical (unpaired) electrons. The monoisotopic (exact) mass is 280 g/mol. The summed E-state index contributed by atoms with van der Waals surface area (Å²) >= 11 is 5.90. The largest absolute Gasteiger partial charge is 0.342 e. The molecule has 1 fully saturated rings. The van der Waals surface area contributed by atoms with E-state index in [9.17, 15) is 9.59 Å². The molecule has 0 aromatic heterocycles. The number of halogens is 1. The summed E-state index contributed by atoms with van der Waals surface area (Å²) in [4.78, 5) is 27.4. The molecule has 1 aliphatic heterocycles. The third kappa shape index (κ3) is 3.07. The van der Waals surface area contributed by atoms with Crippen molar-refractivity contribution in [2.24, 2.45) is 0 Å². The van der Waals surface area contributed by atoms with Crippen LogP contribution in [0.5, 0.6) is 0 Å². The van der Waals surface area contributed by atoms with Gasteiger partial charge in [0.1, 0.15) is 6.04 Å². The number of nitrogens with zero attached hydrogens (tertiary/aromatic N) is 2. The first-order valence-corrected chi connectivity index (χ1v) is 6.65. The Labute approximate surface area is 117 Å². The summed E-state index contributed by atoms with van der Waals surface area (Å²) in [5, 5.41) is 0.618. The topological polar surface area (TPSA) is 40.6 Å². The third-order valence-electron chi connectivity index (χ3n) is 3.44. The van der Waals surface area contributed by atoms with Crippen molar-refractivity contribution < 1.29 is 9.59 Å². The van der Waals surface area contributed by atoms with Gasteiger partial charge >= 0.3 is 0 Å². The second kappa shape index (κ2) is 5.61. The molecule has 0 spiro atoms. The smallest absolute Gasteiger partial charge is 0.244 e. The average Bonchev–Trinajstić information content (AvgIpc) is 2.36. The number of hydrogen-bond donors (Lipinski definition) is 0. The first-order valence-electron chi connectivity index (χ1n) is 6.28. The molecule has 1 aliphatic rings. The van der Waals surface area contributed by atoms with E-state index in [-0.39, 0.29) is 24.3 Å². The van der Waals surface area contributed by atoms with E-state index in [1.807, 2.05) is 12.1 Å². The van der Waals surface area contributed by atoms with Gasteiger partial charge in [0, 0.05) is 25.2 Å². The van der Waals surface area contributed by atoms with Gasteiger partial charge in [0.05, 0.1) is 6.42 Å². The van der Waals surface area contributed by atoms with Crippen molar-refractivity contribution in [1.82, 2.24) is 9.80 Å². The van der Waals surface area contributed by atoms with Crippen molar-refractivity contribution in [3.8, 4) is 0 Å². The average molecular weight is 281 g/mol. The van der Waals surface area contributed by atoms with Crippen LogP contribution in [0.15, 0.2) is 24.3 Å². The molecule has 5 heteroatoms. The van der Waals surface area contributed by atoms with E-state index in [0.717, 1.165) is 5.56 Å². The summed E-state index contributed by atoms with van der Waals surface area (Å²) in [5.41, 5.74) is 0.871. The Kier molecular flexibility index (Phi) is 4.10. The van der Waals surface area contributed by atoms with Crippen LogP contribution in [0.4, 0.5) is 0 Å². The third-order valence-corrected chi connectivity index (χ3v) is 3.68. The van der Waals surface area contributed by atoms with Crippen LogP contribution in [0, 0.1) is 0 Å². The molecule has 4 nitrogen and oxygen atoms in total. The highest BCUT2D eigenvalue weighted by Crippen LogP contribution is 2.15. The first kappa shape index (κ1) is 13.9. The zero-order valence-corrected chi connectivity index (χ0v) is 11.9. The van der Waals surface area contributed by atoms with Gasteiger partial charge in [-0.15, -0.1) is 0 Å². The van der Waals surface area contributed by atoms with Crippen molar-refractivity contribution in [1.29, 1.82) is 0 Å². The van der Waals surface area contributed by atoms with Crippen molar-refractivity contribution >= 4 is 23.4 Å². The summed E-state index contributed by atoms with van der Waals surface area (Å²) < 4.78 is 0. The molecule has 2 amide bonds. The molecular formula is C14H17ClN2O2. The SMILES string of the molecule is CC1C(=O)N(C)CCN1C(=O)Cc1cccc(Cl)c1. The molecule has 19 heavy (non-hydrogen) atoms. The minimum absolute atomic E-state index is 0.00862. The first-order chi connectivity index (χ1) is 8.99. The van der Waals surface area contributed by atoms with Crippen LogP contribution < -0.4 is 0 Å². The van der Waals surface area contributed by atoms with E-state index in [1.54, 1.807) is 35.9 Å². The molecule has 1 heterocycles. The second-order valence-corrected chi connectivity index (χ2v) is 5.27. The van der Waals surface area contributed by atoms with E-state index in [2.05, 4.69) is 0 Å². The highest BCUT2D eigenvalue weighted by Gasteiger charge is 2.32. The Hall–Kier alpha value is -1.55. The Bertz CT molecular complexity index is 504. The van der Waals surface area contributed by atoms with Gasteiger partial charge in [-0.25, -0.2) is 0 Å². The van der Waals surface area contributed by atoms with Crippen molar-refractivity contribution in [3.63, 3.8) is 0 Å². The quantitative estimate of drug-likeness (QED) is 0.825. The Morgan fingerprint density at radius 1 is 1.42 bits per heavy atom. The minimum atomic E-state index is -0.384. The van der Waals surface area contributed by atoms with E-state index in [0.29, 0.717) is 18.1 Å². The van der Waals surface area contributed by atoms with Gasteiger partial charge in [-0.05, 0) is 24.6 Å². The van der Waals surface area contributed by atoms with Crippen LogP contribution >= 0.6 is 11.6 Å². The van der Waals surface area contributed by atoms with Crippen molar-refractivity contribution in [3.05, 3.63) is 34.9 Å². The zero-order valence-electron chi connectivity index (χ0n) is 11.1. The Morgan fingerprint density at radius 2 is 2.16 bits per heavy atom. The fourth-order valence-electron chi connectivity index (χ4n) is 2.28. The molecule has 1 atom stereocenters. The Morgan fingerprint density at radius 3 is 2.84 bits per heavy atom. The van der Waals surface area contributed by atoms with Gasteiger partial charge in [-0.1, -0.05) is 23.7 Å². The summed E-state index contributed by atoms with van der Waals surface area (Å²) in [6, 6.07) is 6.86. The molecule has 0 saturated carbocycles. The molecule has 2 rings (SSSR count). The standard InChI is InChI=1S/C14H17ClN2O2/c1-10-14(19)16(2)6-7-17(10)13(18)9-11-4-3-5-12(15)8-11/h3-5,8,10H,6-7,9H2,1-2H3. The number of carbonyl (C=O) groups is 2. The summed E-state index contributed by atoms with van der Waals surface area (Å²) in [6.45, 7) is 2.95. The van der Waals surface area contributed by atoms with E-state index in [4.69, 9.17) is 11.6 Å². The summed E-state index contributed by atoms with van der Waals surface area (Å²) in [7, 11) is 1.76. The van der Waals surface area contributed by atoms with Crippen molar-refractivity contribution in [2.45, 2.75) is 19.4 Å². The van der Waals surface area contributed by atoms with E-state index in [1.165, 1.54) is 0 Å². The lowest BCUT2D eigenvalue weighted by Crippen LogP contribution is -2.56. The number of piperazine rings is 1. The lowest BCUT2D eigenvalue weighted by Gasteiger charge is -2.37. The predicted molar refractivity (Wildman–Crippen MR) is 74.0 cm³/mol. The van der Waals surface area contributed by atoms with Gasteiger partial charge in [-0.3, -0.25) is 9.59 Å². The van der Waals surface area contributed by atoms with Crippen LogP contribution in [0.2, 0.25) is 5.02 Å².